The lowest BCUT2D eigenvalue weighted by Gasteiger charge is -2.11. The number of hydrogen-bond acceptors (Lipinski definition) is 2. The van der Waals surface area contributed by atoms with E-state index in [4.69, 9.17) is 0 Å². The van der Waals surface area contributed by atoms with E-state index in [2.05, 4.69) is 0 Å². The van der Waals surface area contributed by atoms with Gasteiger partial charge < -0.3 is 10.2 Å². The van der Waals surface area contributed by atoms with Gasteiger partial charge in [0, 0.05) is 23.3 Å². The maximum atomic E-state index is 13.5. The molecule has 0 aliphatic heterocycles. The van der Waals surface area contributed by atoms with Crippen molar-refractivity contribution in [2.75, 3.05) is 0 Å². The van der Waals surface area contributed by atoms with Crippen LogP contribution in [0.4, 0.5) is 13.2 Å². The molecule has 0 bridgehead atoms. The van der Waals surface area contributed by atoms with Gasteiger partial charge in [0.2, 0.25) is 0 Å². The van der Waals surface area contributed by atoms with Crippen LogP contribution in [0.3, 0.4) is 0 Å². The van der Waals surface area contributed by atoms with Gasteiger partial charge in [0.05, 0.1) is 0 Å². The Labute approximate surface area is 126 Å². The number of phenols is 2. The fraction of sp³-hybridized carbons (Fsp3) is 0.176. The Morgan fingerprint density at radius 1 is 0.864 bits per heavy atom. The second kappa shape index (κ2) is 6.13. The van der Waals surface area contributed by atoms with Gasteiger partial charge in [-0.2, -0.15) is 0 Å². The third-order valence-electron chi connectivity index (χ3n) is 3.22. The standard InChI is InChI=1S/C17H15F3O2/c1-9(2)17-15(21)5-10(6-16(17)22)3-4-12-13(19)7-11(18)8-14(12)20/h3-9,21-22H,1-2H3/b4-3+. The maximum Gasteiger partial charge on any atom is 0.136 e. The van der Waals surface area contributed by atoms with Crippen LogP contribution in [-0.4, -0.2) is 10.2 Å². The van der Waals surface area contributed by atoms with Crippen molar-refractivity contribution in [2.24, 2.45) is 0 Å². The molecule has 0 heterocycles. The Hall–Kier alpha value is -2.43. The molecular formula is C17H15F3O2. The monoisotopic (exact) mass is 308 g/mol. The molecule has 0 fully saturated rings. The van der Waals surface area contributed by atoms with E-state index >= 15 is 0 Å². The highest BCUT2D eigenvalue weighted by molar-refractivity contribution is 5.72. The Bertz CT molecular complexity index is 691. The number of aromatic hydroxyl groups is 2. The summed E-state index contributed by atoms with van der Waals surface area (Å²) in [4.78, 5) is 0. The van der Waals surface area contributed by atoms with Crippen molar-refractivity contribution in [3.63, 3.8) is 0 Å². The molecule has 5 heteroatoms. The van der Waals surface area contributed by atoms with Crippen LogP contribution >= 0.6 is 0 Å². The van der Waals surface area contributed by atoms with E-state index in [0.717, 1.165) is 6.08 Å². The molecule has 0 saturated heterocycles. The Kier molecular flexibility index (Phi) is 4.45. The number of halogens is 3. The average Bonchev–Trinajstić information content (AvgIpc) is 2.35. The number of hydrogen-bond donors (Lipinski definition) is 2. The van der Waals surface area contributed by atoms with Crippen LogP contribution in [0.2, 0.25) is 0 Å². The SMILES string of the molecule is CC(C)c1c(O)cc(/C=C/c2c(F)cc(F)cc2F)cc1O. The molecule has 0 aliphatic carbocycles. The molecule has 2 aromatic carbocycles. The number of phenolic OH excluding ortho intramolecular Hbond substituents is 2. The Morgan fingerprint density at radius 2 is 1.36 bits per heavy atom. The van der Waals surface area contributed by atoms with Gasteiger partial charge in [-0.1, -0.05) is 19.9 Å². The molecule has 0 amide bonds. The molecule has 0 atom stereocenters. The molecule has 2 rings (SSSR count). The fourth-order valence-corrected chi connectivity index (χ4v) is 2.22. The van der Waals surface area contributed by atoms with Gasteiger partial charge in [0.1, 0.15) is 29.0 Å². The summed E-state index contributed by atoms with van der Waals surface area (Å²) in [6, 6.07) is 3.93. The van der Waals surface area contributed by atoms with Crippen molar-refractivity contribution >= 4 is 12.2 Å². The van der Waals surface area contributed by atoms with Gasteiger partial charge >= 0.3 is 0 Å². The van der Waals surface area contributed by atoms with Crippen LogP contribution < -0.4 is 0 Å². The minimum atomic E-state index is -1.03. The first-order valence-electron chi connectivity index (χ1n) is 6.68. The first-order chi connectivity index (χ1) is 10.3. The summed E-state index contributed by atoms with van der Waals surface area (Å²) < 4.78 is 39.9. The number of benzene rings is 2. The summed E-state index contributed by atoms with van der Waals surface area (Å²) in [6.45, 7) is 3.63. The Balaban J connectivity index is 2.40. The van der Waals surface area contributed by atoms with E-state index in [1.165, 1.54) is 18.2 Å². The molecule has 0 unspecified atom stereocenters. The molecule has 116 valence electrons. The summed E-state index contributed by atoms with van der Waals surface area (Å²) >= 11 is 0. The lowest BCUT2D eigenvalue weighted by molar-refractivity contribution is 0.433. The van der Waals surface area contributed by atoms with Crippen molar-refractivity contribution in [2.45, 2.75) is 19.8 Å². The smallest absolute Gasteiger partial charge is 0.136 e. The predicted molar refractivity (Wildman–Crippen MR) is 79.1 cm³/mol. The van der Waals surface area contributed by atoms with Gasteiger partial charge in [-0.05, 0) is 29.7 Å². The van der Waals surface area contributed by atoms with E-state index in [1.807, 2.05) is 13.8 Å². The molecule has 0 spiro atoms. The molecular weight excluding hydrogens is 293 g/mol. The van der Waals surface area contributed by atoms with E-state index in [1.54, 1.807) is 0 Å². The third kappa shape index (κ3) is 3.24. The van der Waals surface area contributed by atoms with Crippen molar-refractivity contribution in [3.05, 3.63) is 58.4 Å². The molecule has 2 aromatic rings. The van der Waals surface area contributed by atoms with Crippen LogP contribution in [0.1, 0.15) is 36.5 Å². The molecule has 22 heavy (non-hydrogen) atoms. The summed E-state index contributed by atoms with van der Waals surface area (Å²) in [5.74, 6) is -3.33. The molecule has 2 nitrogen and oxygen atoms in total. The van der Waals surface area contributed by atoms with Gasteiger partial charge in [0.25, 0.3) is 0 Å². The van der Waals surface area contributed by atoms with E-state index in [0.29, 0.717) is 23.3 Å². The van der Waals surface area contributed by atoms with E-state index in [-0.39, 0.29) is 17.4 Å². The zero-order valence-electron chi connectivity index (χ0n) is 12.1. The zero-order valence-corrected chi connectivity index (χ0v) is 12.1. The van der Waals surface area contributed by atoms with Gasteiger partial charge in [-0.15, -0.1) is 0 Å². The van der Waals surface area contributed by atoms with Gasteiger partial charge in [-0.25, -0.2) is 13.2 Å². The lowest BCUT2D eigenvalue weighted by Crippen LogP contribution is -1.92. The second-order valence-electron chi connectivity index (χ2n) is 5.24. The van der Waals surface area contributed by atoms with Crippen LogP contribution in [0.25, 0.3) is 12.2 Å². The summed E-state index contributed by atoms with van der Waals surface area (Å²) in [5.41, 5.74) is 0.368. The van der Waals surface area contributed by atoms with E-state index < -0.39 is 23.0 Å². The quantitative estimate of drug-likeness (QED) is 0.799. The summed E-state index contributed by atoms with van der Waals surface area (Å²) in [7, 11) is 0. The minimum absolute atomic E-state index is 0.0787. The molecule has 0 aliphatic rings. The topological polar surface area (TPSA) is 40.5 Å². The lowest BCUT2D eigenvalue weighted by atomic mass is 9.98. The van der Waals surface area contributed by atoms with Crippen LogP contribution in [0.5, 0.6) is 11.5 Å². The fourth-order valence-electron chi connectivity index (χ4n) is 2.22. The Morgan fingerprint density at radius 3 is 1.82 bits per heavy atom. The van der Waals surface area contributed by atoms with Crippen LogP contribution in [0.15, 0.2) is 24.3 Å². The maximum absolute atomic E-state index is 13.5. The van der Waals surface area contributed by atoms with Crippen molar-refractivity contribution < 1.29 is 23.4 Å². The highest BCUT2D eigenvalue weighted by atomic mass is 19.1. The number of rotatable bonds is 3. The van der Waals surface area contributed by atoms with Crippen LogP contribution in [0, 0.1) is 17.5 Å². The average molecular weight is 308 g/mol. The molecule has 0 radical (unpaired) electrons. The predicted octanol–water partition coefficient (Wildman–Crippen LogP) is 4.81. The van der Waals surface area contributed by atoms with E-state index in [9.17, 15) is 23.4 Å². The first kappa shape index (κ1) is 15.9. The van der Waals surface area contributed by atoms with Gasteiger partial charge in [-0.3, -0.25) is 0 Å². The first-order valence-corrected chi connectivity index (χ1v) is 6.68. The van der Waals surface area contributed by atoms with Crippen molar-refractivity contribution in [1.29, 1.82) is 0 Å². The van der Waals surface area contributed by atoms with Crippen molar-refractivity contribution in [1.82, 2.24) is 0 Å². The van der Waals surface area contributed by atoms with Gasteiger partial charge in [0.15, 0.2) is 0 Å². The molecule has 0 saturated carbocycles. The largest absolute Gasteiger partial charge is 0.507 e. The molecule has 0 aromatic heterocycles. The van der Waals surface area contributed by atoms with Crippen LogP contribution in [-0.2, 0) is 0 Å². The second-order valence-corrected chi connectivity index (χ2v) is 5.24. The highest BCUT2D eigenvalue weighted by Gasteiger charge is 2.13. The van der Waals surface area contributed by atoms with Crippen molar-refractivity contribution in [3.8, 4) is 11.5 Å². The molecule has 2 N–H and O–H groups in total. The zero-order chi connectivity index (χ0) is 16.4. The third-order valence-corrected chi connectivity index (χ3v) is 3.22. The minimum Gasteiger partial charge on any atom is -0.507 e. The highest BCUT2D eigenvalue weighted by Crippen LogP contribution is 2.35. The normalized spacial score (nSPS) is 11.5. The summed E-state index contributed by atoms with van der Waals surface area (Å²) in [6.07, 6.45) is 2.44. The summed E-state index contributed by atoms with van der Waals surface area (Å²) in [5, 5.41) is 19.8.